The number of fused-ring (bicyclic) bond motifs is 1. The molecule has 2 aromatic heterocycles. The Bertz CT molecular complexity index is 1130. The number of benzene rings is 2. The summed E-state index contributed by atoms with van der Waals surface area (Å²) in [7, 11) is 0. The molecule has 2 heterocycles. The summed E-state index contributed by atoms with van der Waals surface area (Å²) in [6.45, 7) is 2.26. The van der Waals surface area contributed by atoms with Gasteiger partial charge in [0.05, 0.1) is 11.6 Å². The molecule has 0 amide bonds. The van der Waals surface area contributed by atoms with Crippen molar-refractivity contribution < 1.29 is 13.6 Å². The summed E-state index contributed by atoms with van der Waals surface area (Å²) in [4.78, 5) is 13.1. The summed E-state index contributed by atoms with van der Waals surface area (Å²) in [5.41, 5.74) is 2.24. The van der Waals surface area contributed by atoms with Gasteiger partial charge in [0, 0.05) is 5.02 Å². The fourth-order valence-corrected chi connectivity index (χ4v) is 3.01. The highest BCUT2D eigenvalue weighted by molar-refractivity contribution is 6.30. The Morgan fingerprint density at radius 2 is 1.81 bits per heavy atom. The number of hydrogen-bond acceptors (Lipinski definition) is 4. The zero-order valence-corrected chi connectivity index (χ0v) is 15.5. The topological polar surface area (TPSA) is 52.6 Å². The molecule has 0 saturated heterocycles. The van der Waals surface area contributed by atoms with Gasteiger partial charge in [0.25, 0.3) is 0 Å². The fraction of sp³-hybridized carbons (Fsp3) is 0.136. The average Bonchev–Trinajstić information content (AvgIpc) is 3.23. The molecule has 0 spiro atoms. The minimum atomic E-state index is -0.216. The number of halogens is 1. The first-order valence-corrected chi connectivity index (χ1v) is 9.04. The van der Waals surface area contributed by atoms with Crippen LogP contribution in [-0.4, -0.2) is 0 Å². The van der Waals surface area contributed by atoms with E-state index in [1.807, 2.05) is 37.3 Å². The smallest absolute Gasteiger partial charge is 0.235 e. The van der Waals surface area contributed by atoms with Gasteiger partial charge in [-0.15, -0.1) is 0 Å². The molecule has 0 aliphatic rings. The highest BCUT2D eigenvalue weighted by Crippen LogP contribution is 2.32. The molecule has 5 heteroatoms. The molecule has 4 nitrogen and oxygen atoms in total. The number of aryl methyl sites for hydroxylation is 1. The van der Waals surface area contributed by atoms with E-state index in [4.69, 9.17) is 25.2 Å². The van der Waals surface area contributed by atoms with Gasteiger partial charge < -0.3 is 13.6 Å². The first-order valence-electron chi connectivity index (χ1n) is 8.66. The Hall–Kier alpha value is -2.98. The van der Waals surface area contributed by atoms with Crippen LogP contribution in [0.4, 0.5) is 0 Å². The van der Waals surface area contributed by atoms with Crippen LogP contribution in [0.5, 0.6) is 5.75 Å². The number of furan rings is 1. The molecule has 0 saturated carbocycles. The highest BCUT2D eigenvalue weighted by Gasteiger charge is 2.20. The van der Waals surface area contributed by atoms with E-state index in [-0.39, 0.29) is 23.5 Å². The second kappa shape index (κ2) is 7.33. The molecule has 0 radical (unpaired) electrons. The van der Waals surface area contributed by atoms with Crippen molar-refractivity contribution >= 4 is 22.6 Å². The van der Waals surface area contributed by atoms with Crippen molar-refractivity contribution in [3.63, 3.8) is 0 Å². The standard InChI is InChI=1S/C22H17ClO4/c1-2-14-7-10-18-17(12-14)20(24)22(21(27-18)19-4-3-11-25-19)26-13-15-5-8-16(23)9-6-15/h3-12H,2,13H2,1H3. The molecular formula is C22H17ClO4. The van der Waals surface area contributed by atoms with E-state index >= 15 is 0 Å². The molecule has 0 aliphatic heterocycles. The molecule has 4 rings (SSSR count). The van der Waals surface area contributed by atoms with Gasteiger partial charge in [-0.2, -0.15) is 0 Å². The van der Waals surface area contributed by atoms with Crippen molar-refractivity contribution in [2.24, 2.45) is 0 Å². The molecule has 4 aromatic rings. The maximum Gasteiger partial charge on any atom is 0.235 e. The van der Waals surface area contributed by atoms with Gasteiger partial charge in [0.2, 0.25) is 16.9 Å². The SMILES string of the molecule is CCc1ccc2oc(-c3ccco3)c(OCc3ccc(Cl)cc3)c(=O)c2c1. The number of hydrogen-bond donors (Lipinski definition) is 0. The van der Waals surface area contributed by atoms with E-state index in [0.717, 1.165) is 17.5 Å². The Labute approximate surface area is 160 Å². The molecular weight excluding hydrogens is 364 g/mol. The van der Waals surface area contributed by atoms with Crippen molar-refractivity contribution in [1.82, 2.24) is 0 Å². The lowest BCUT2D eigenvalue weighted by Crippen LogP contribution is -2.10. The van der Waals surface area contributed by atoms with Crippen molar-refractivity contribution in [2.45, 2.75) is 20.0 Å². The van der Waals surface area contributed by atoms with E-state index in [0.29, 0.717) is 21.8 Å². The maximum absolute atomic E-state index is 13.1. The first kappa shape index (κ1) is 17.4. The highest BCUT2D eigenvalue weighted by atomic mass is 35.5. The Morgan fingerprint density at radius 3 is 2.52 bits per heavy atom. The molecule has 0 atom stereocenters. The van der Waals surface area contributed by atoms with Gasteiger partial charge in [-0.1, -0.05) is 36.7 Å². The van der Waals surface area contributed by atoms with E-state index < -0.39 is 0 Å². The number of rotatable bonds is 5. The normalized spacial score (nSPS) is 11.0. The largest absolute Gasteiger partial charge is 0.481 e. The third-order valence-corrected chi connectivity index (χ3v) is 4.61. The summed E-state index contributed by atoms with van der Waals surface area (Å²) in [6.07, 6.45) is 2.36. The van der Waals surface area contributed by atoms with E-state index in [2.05, 4.69) is 0 Å². The van der Waals surface area contributed by atoms with Crippen LogP contribution in [0.25, 0.3) is 22.5 Å². The summed E-state index contributed by atoms with van der Waals surface area (Å²) in [5, 5.41) is 1.14. The van der Waals surface area contributed by atoms with E-state index in [9.17, 15) is 4.79 Å². The van der Waals surface area contributed by atoms with Gasteiger partial charge in [0.1, 0.15) is 12.2 Å². The third kappa shape index (κ3) is 3.49. The molecule has 0 fully saturated rings. The summed E-state index contributed by atoms with van der Waals surface area (Å²) >= 11 is 5.92. The van der Waals surface area contributed by atoms with Crippen molar-refractivity contribution in [3.8, 4) is 17.3 Å². The van der Waals surface area contributed by atoms with Crippen LogP contribution in [0, 0.1) is 0 Å². The van der Waals surface area contributed by atoms with E-state index in [1.165, 1.54) is 6.26 Å². The van der Waals surface area contributed by atoms with Crippen molar-refractivity contribution in [1.29, 1.82) is 0 Å². The van der Waals surface area contributed by atoms with E-state index in [1.54, 1.807) is 24.3 Å². The van der Waals surface area contributed by atoms with Crippen LogP contribution in [0.1, 0.15) is 18.1 Å². The summed E-state index contributed by atoms with van der Waals surface area (Å²) < 4.78 is 17.3. The molecule has 0 bridgehead atoms. The molecule has 2 aromatic carbocycles. The molecule has 0 unspecified atom stereocenters. The summed E-state index contributed by atoms with van der Waals surface area (Å²) in [6, 6.07) is 16.4. The van der Waals surface area contributed by atoms with Gasteiger partial charge in [0.15, 0.2) is 5.76 Å². The molecule has 27 heavy (non-hydrogen) atoms. The Kier molecular flexibility index (Phi) is 4.73. The maximum atomic E-state index is 13.1. The first-order chi connectivity index (χ1) is 13.2. The predicted molar refractivity (Wildman–Crippen MR) is 105 cm³/mol. The zero-order chi connectivity index (χ0) is 18.8. The Balaban J connectivity index is 1.82. The van der Waals surface area contributed by atoms with Gasteiger partial charge >= 0.3 is 0 Å². The summed E-state index contributed by atoms with van der Waals surface area (Å²) in [5.74, 6) is 0.871. The minimum Gasteiger partial charge on any atom is -0.481 e. The van der Waals surface area contributed by atoms with Crippen LogP contribution >= 0.6 is 11.6 Å². The van der Waals surface area contributed by atoms with Crippen LogP contribution in [0.15, 0.2) is 74.5 Å². The van der Waals surface area contributed by atoms with Crippen molar-refractivity contribution in [3.05, 3.63) is 87.2 Å². The monoisotopic (exact) mass is 380 g/mol. The van der Waals surface area contributed by atoms with Crippen LogP contribution < -0.4 is 10.2 Å². The molecule has 136 valence electrons. The zero-order valence-electron chi connectivity index (χ0n) is 14.7. The van der Waals surface area contributed by atoms with Crippen molar-refractivity contribution in [2.75, 3.05) is 0 Å². The quantitative estimate of drug-likeness (QED) is 0.436. The lowest BCUT2D eigenvalue weighted by Gasteiger charge is -2.11. The molecule has 0 N–H and O–H groups in total. The minimum absolute atomic E-state index is 0.139. The van der Waals surface area contributed by atoms with Crippen LogP contribution in [-0.2, 0) is 13.0 Å². The second-order valence-electron chi connectivity index (χ2n) is 6.17. The van der Waals surface area contributed by atoms with Gasteiger partial charge in [-0.3, -0.25) is 4.79 Å². The lowest BCUT2D eigenvalue weighted by molar-refractivity contribution is 0.296. The third-order valence-electron chi connectivity index (χ3n) is 4.36. The van der Waals surface area contributed by atoms with Crippen LogP contribution in [0.3, 0.4) is 0 Å². The van der Waals surface area contributed by atoms with Gasteiger partial charge in [-0.25, -0.2) is 0 Å². The fourth-order valence-electron chi connectivity index (χ4n) is 2.88. The molecule has 0 aliphatic carbocycles. The van der Waals surface area contributed by atoms with Crippen LogP contribution in [0.2, 0.25) is 5.02 Å². The number of ether oxygens (including phenoxy) is 1. The lowest BCUT2D eigenvalue weighted by atomic mass is 10.1. The predicted octanol–water partition coefficient (Wildman–Crippen LogP) is 5.85. The van der Waals surface area contributed by atoms with Gasteiger partial charge in [-0.05, 0) is 53.9 Å². The second-order valence-corrected chi connectivity index (χ2v) is 6.60. The Morgan fingerprint density at radius 1 is 1.04 bits per heavy atom. The average molecular weight is 381 g/mol.